The number of pyridine rings is 2. The van der Waals surface area contributed by atoms with Crippen LogP contribution in [-0.4, -0.2) is 13.4 Å². The van der Waals surface area contributed by atoms with E-state index in [1.165, 1.54) is 12.4 Å². The molecule has 7 heteroatoms. The van der Waals surface area contributed by atoms with Crippen molar-refractivity contribution >= 4 is 10.0 Å². The van der Waals surface area contributed by atoms with E-state index in [0.717, 1.165) is 0 Å². The first kappa shape index (κ1) is 13.6. The molecular formula is C10H10ClN3O2S. The molecule has 0 unspecified atom stereocenters. The van der Waals surface area contributed by atoms with Crippen LogP contribution in [0.2, 0.25) is 0 Å². The fourth-order valence-corrected chi connectivity index (χ4v) is 2.04. The van der Waals surface area contributed by atoms with E-state index >= 15 is 0 Å². The first-order chi connectivity index (χ1) is 7.59. The number of rotatable bonds is 2. The first-order valence-electron chi connectivity index (χ1n) is 4.52. The van der Waals surface area contributed by atoms with Crippen LogP contribution in [0.25, 0.3) is 5.69 Å². The molecule has 0 aromatic carbocycles. The summed E-state index contributed by atoms with van der Waals surface area (Å²) in [6.07, 6.45) is 6.24. The summed E-state index contributed by atoms with van der Waals surface area (Å²) in [5.74, 6) is 0. The molecule has 0 aliphatic heterocycles. The third-order valence-electron chi connectivity index (χ3n) is 2.06. The molecule has 0 amide bonds. The maximum absolute atomic E-state index is 11.4. The van der Waals surface area contributed by atoms with Gasteiger partial charge in [-0.3, -0.25) is 4.98 Å². The Morgan fingerprint density at radius 2 is 1.82 bits per heavy atom. The molecule has 2 N–H and O–H groups in total. The van der Waals surface area contributed by atoms with Crippen LogP contribution in [0.1, 0.15) is 0 Å². The third kappa shape index (κ3) is 3.00. The number of nitrogens with two attached hydrogens (primary N) is 1. The van der Waals surface area contributed by atoms with E-state index in [9.17, 15) is 8.42 Å². The topological polar surface area (TPSA) is 76.9 Å². The van der Waals surface area contributed by atoms with Crippen LogP contribution >= 0.6 is 0 Å². The van der Waals surface area contributed by atoms with Crippen LogP contribution in [0.15, 0.2) is 53.9 Å². The SMILES string of the molecule is NS(=O)(=O)c1cnccc1-[n+]1ccccc1.[Cl-]. The van der Waals surface area contributed by atoms with Crippen LogP contribution in [0.4, 0.5) is 0 Å². The normalized spacial score (nSPS) is 10.6. The number of aromatic nitrogens is 2. The van der Waals surface area contributed by atoms with Gasteiger partial charge in [0, 0.05) is 24.4 Å². The number of sulfonamides is 1. The van der Waals surface area contributed by atoms with Crippen LogP contribution < -0.4 is 22.1 Å². The van der Waals surface area contributed by atoms with Gasteiger partial charge in [0.1, 0.15) is 0 Å². The van der Waals surface area contributed by atoms with Crippen LogP contribution in [-0.2, 0) is 10.0 Å². The van der Waals surface area contributed by atoms with Crippen molar-refractivity contribution in [3.63, 3.8) is 0 Å². The predicted octanol–water partition coefficient (Wildman–Crippen LogP) is -2.99. The second kappa shape index (κ2) is 5.22. The average Bonchev–Trinajstić information content (AvgIpc) is 2.29. The van der Waals surface area contributed by atoms with Crippen molar-refractivity contribution in [2.24, 2.45) is 5.14 Å². The maximum atomic E-state index is 11.4. The van der Waals surface area contributed by atoms with E-state index in [4.69, 9.17) is 5.14 Å². The third-order valence-corrected chi connectivity index (χ3v) is 2.99. The summed E-state index contributed by atoms with van der Waals surface area (Å²) >= 11 is 0. The molecule has 0 bridgehead atoms. The Balaban J connectivity index is 0.00000144. The zero-order valence-electron chi connectivity index (χ0n) is 8.69. The van der Waals surface area contributed by atoms with Gasteiger partial charge in [0.05, 0.1) is 6.20 Å². The minimum Gasteiger partial charge on any atom is -1.00 e. The minimum atomic E-state index is -3.76. The molecule has 90 valence electrons. The van der Waals surface area contributed by atoms with Gasteiger partial charge in [0.15, 0.2) is 17.3 Å². The van der Waals surface area contributed by atoms with Gasteiger partial charge in [-0.2, -0.15) is 4.57 Å². The zero-order valence-corrected chi connectivity index (χ0v) is 10.3. The fourth-order valence-electron chi connectivity index (χ4n) is 1.36. The van der Waals surface area contributed by atoms with Gasteiger partial charge < -0.3 is 12.4 Å². The lowest BCUT2D eigenvalue weighted by Gasteiger charge is -2.00. The van der Waals surface area contributed by atoms with E-state index < -0.39 is 10.0 Å². The van der Waals surface area contributed by atoms with Gasteiger partial charge in [-0.15, -0.1) is 0 Å². The summed E-state index contributed by atoms with van der Waals surface area (Å²) in [7, 11) is -3.76. The summed E-state index contributed by atoms with van der Waals surface area (Å²) in [6.45, 7) is 0. The number of primary sulfonamides is 1. The van der Waals surface area contributed by atoms with Gasteiger partial charge in [0.25, 0.3) is 0 Å². The summed E-state index contributed by atoms with van der Waals surface area (Å²) < 4.78 is 24.4. The quantitative estimate of drug-likeness (QED) is 0.592. The molecule has 0 aliphatic rings. The predicted molar refractivity (Wildman–Crippen MR) is 57.1 cm³/mol. The van der Waals surface area contributed by atoms with Crippen molar-refractivity contribution in [1.82, 2.24) is 4.98 Å². The lowest BCUT2D eigenvalue weighted by atomic mass is 10.4. The molecule has 0 fully saturated rings. The molecule has 0 spiro atoms. The van der Waals surface area contributed by atoms with Gasteiger partial charge in [-0.05, 0) is 0 Å². The van der Waals surface area contributed by atoms with Crippen molar-refractivity contribution in [2.75, 3.05) is 0 Å². The Bertz CT molecular complexity index is 602. The standard InChI is InChI=1S/C10H10N3O2S.ClH/c11-16(14,15)10-8-12-5-4-9(10)13-6-2-1-3-7-13;/h1-8H,(H2,11,14,15);1H/q+1;/p-1. The first-order valence-corrected chi connectivity index (χ1v) is 6.07. The Hall–Kier alpha value is -1.50. The molecule has 0 atom stereocenters. The summed E-state index contributed by atoms with van der Waals surface area (Å²) in [5, 5.41) is 5.11. The van der Waals surface area contributed by atoms with E-state index in [0.29, 0.717) is 5.69 Å². The molecule has 2 heterocycles. The summed E-state index contributed by atoms with van der Waals surface area (Å²) in [5.41, 5.74) is 0.484. The summed E-state index contributed by atoms with van der Waals surface area (Å²) in [6, 6.07) is 7.04. The molecule has 0 aliphatic carbocycles. The lowest BCUT2D eigenvalue weighted by Crippen LogP contribution is -3.00. The number of hydrogen-bond acceptors (Lipinski definition) is 3. The number of nitrogens with zero attached hydrogens (tertiary/aromatic N) is 2. The molecule has 17 heavy (non-hydrogen) atoms. The van der Waals surface area contributed by atoms with Crippen LogP contribution in [0, 0.1) is 0 Å². The van der Waals surface area contributed by atoms with Crippen molar-refractivity contribution < 1.29 is 25.4 Å². The second-order valence-electron chi connectivity index (χ2n) is 3.17. The minimum absolute atomic E-state index is 0. The van der Waals surface area contributed by atoms with Gasteiger partial charge in [-0.25, -0.2) is 13.6 Å². The Kier molecular flexibility index (Phi) is 4.17. The van der Waals surface area contributed by atoms with Crippen molar-refractivity contribution in [1.29, 1.82) is 0 Å². The van der Waals surface area contributed by atoms with Crippen LogP contribution in [0.5, 0.6) is 0 Å². The molecule has 0 saturated heterocycles. The fraction of sp³-hybridized carbons (Fsp3) is 0. The molecule has 5 nitrogen and oxygen atoms in total. The highest BCUT2D eigenvalue weighted by atomic mass is 35.5. The van der Waals surface area contributed by atoms with Crippen LogP contribution in [0.3, 0.4) is 0 Å². The average molecular weight is 272 g/mol. The van der Waals surface area contributed by atoms with Gasteiger partial charge >= 0.3 is 0 Å². The Labute approximate surface area is 105 Å². The summed E-state index contributed by atoms with van der Waals surface area (Å²) in [4.78, 5) is 3.77. The molecule has 2 aromatic heterocycles. The highest BCUT2D eigenvalue weighted by molar-refractivity contribution is 7.89. The van der Waals surface area contributed by atoms with Crippen molar-refractivity contribution in [2.45, 2.75) is 4.90 Å². The smallest absolute Gasteiger partial charge is 0.246 e. The number of halogens is 1. The highest BCUT2D eigenvalue weighted by Gasteiger charge is 2.20. The van der Waals surface area contributed by atoms with Gasteiger partial charge in [-0.1, -0.05) is 6.07 Å². The molecule has 2 aromatic rings. The van der Waals surface area contributed by atoms with E-state index in [-0.39, 0.29) is 17.3 Å². The molecule has 2 rings (SSSR count). The largest absolute Gasteiger partial charge is 1.00 e. The Morgan fingerprint density at radius 1 is 1.18 bits per heavy atom. The number of hydrogen-bond donors (Lipinski definition) is 1. The Morgan fingerprint density at radius 3 is 2.41 bits per heavy atom. The van der Waals surface area contributed by atoms with Crippen molar-refractivity contribution in [3.05, 3.63) is 49.1 Å². The zero-order chi connectivity index (χ0) is 11.6. The van der Waals surface area contributed by atoms with E-state index in [1.807, 2.05) is 6.07 Å². The lowest BCUT2D eigenvalue weighted by molar-refractivity contribution is -0.598. The maximum Gasteiger partial charge on any atom is 0.246 e. The molecule has 0 radical (unpaired) electrons. The second-order valence-corrected chi connectivity index (χ2v) is 4.70. The highest BCUT2D eigenvalue weighted by Crippen LogP contribution is 2.11. The van der Waals surface area contributed by atoms with Crippen molar-refractivity contribution in [3.8, 4) is 5.69 Å². The van der Waals surface area contributed by atoms with E-state index in [1.54, 1.807) is 35.2 Å². The monoisotopic (exact) mass is 271 g/mol. The van der Waals surface area contributed by atoms with E-state index in [2.05, 4.69) is 4.98 Å². The molecule has 0 saturated carbocycles. The molecular weight excluding hydrogens is 262 g/mol. The van der Waals surface area contributed by atoms with Gasteiger partial charge in [0.2, 0.25) is 15.7 Å².